The van der Waals surface area contributed by atoms with Crippen LogP contribution in [-0.4, -0.2) is 41.4 Å². The van der Waals surface area contributed by atoms with Crippen LogP contribution in [0.4, 0.5) is 0 Å². The third-order valence-corrected chi connectivity index (χ3v) is 3.74. The molecule has 2 rings (SSSR count). The molecule has 2 heterocycles. The van der Waals surface area contributed by atoms with Gasteiger partial charge in [-0.1, -0.05) is 0 Å². The van der Waals surface area contributed by atoms with Crippen LogP contribution >= 0.6 is 15.9 Å². The van der Waals surface area contributed by atoms with Crippen LogP contribution in [0.1, 0.15) is 23.3 Å². The van der Waals surface area contributed by atoms with Crippen molar-refractivity contribution in [3.8, 4) is 0 Å². The highest BCUT2D eigenvalue weighted by molar-refractivity contribution is 9.10. The Hall–Kier alpha value is -0.980. The zero-order valence-electron chi connectivity index (χ0n) is 9.86. The van der Waals surface area contributed by atoms with Gasteiger partial charge in [0.1, 0.15) is 5.69 Å². The molecular weight excluding hydrogens is 300 g/mol. The number of carbonyl (C=O) groups excluding carboxylic acids is 1. The molecule has 98 valence electrons. The number of nitrogens with zero attached hydrogens (tertiary/aromatic N) is 1. The van der Waals surface area contributed by atoms with Crippen molar-refractivity contribution in [2.24, 2.45) is 0 Å². The second-order valence-electron chi connectivity index (χ2n) is 4.34. The molecule has 1 aromatic heterocycles. The average molecular weight is 315 g/mol. The summed E-state index contributed by atoms with van der Waals surface area (Å²) in [6.07, 6.45) is 2.79. The van der Waals surface area contributed by atoms with Crippen molar-refractivity contribution >= 4 is 21.8 Å². The lowest BCUT2D eigenvalue weighted by Gasteiger charge is -2.36. The van der Waals surface area contributed by atoms with E-state index in [4.69, 9.17) is 4.74 Å². The van der Waals surface area contributed by atoms with Gasteiger partial charge in [-0.15, -0.1) is 0 Å². The van der Waals surface area contributed by atoms with E-state index in [1.807, 2.05) is 0 Å². The molecule has 1 aromatic rings. The van der Waals surface area contributed by atoms with Crippen LogP contribution in [0.3, 0.4) is 0 Å². The van der Waals surface area contributed by atoms with E-state index >= 15 is 0 Å². The van der Waals surface area contributed by atoms with Crippen molar-refractivity contribution in [2.45, 2.75) is 18.4 Å². The van der Waals surface area contributed by atoms with E-state index in [0.29, 0.717) is 36.2 Å². The van der Waals surface area contributed by atoms with Gasteiger partial charge in [0.25, 0.3) is 5.91 Å². The molecule has 1 aliphatic heterocycles. The Morgan fingerprint density at radius 3 is 2.89 bits per heavy atom. The molecule has 6 heteroatoms. The van der Waals surface area contributed by atoms with Gasteiger partial charge < -0.3 is 15.2 Å². The number of pyridine rings is 1. The molecule has 1 amide bonds. The van der Waals surface area contributed by atoms with Crippen molar-refractivity contribution in [2.75, 3.05) is 19.8 Å². The maximum absolute atomic E-state index is 12.1. The molecule has 1 fully saturated rings. The van der Waals surface area contributed by atoms with Gasteiger partial charge in [0.05, 0.1) is 12.1 Å². The number of hydrogen-bond acceptors (Lipinski definition) is 4. The van der Waals surface area contributed by atoms with E-state index in [2.05, 4.69) is 26.2 Å². The van der Waals surface area contributed by atoms with Crippen LogP contribution in [0, 0.1) is 0 Å². The smallest absolute Gasteiger partial charge is 0.271 e. The molecule has 0 radical (unpaired) electrons. The summed E-state index contributed by atoms with van der Waals surface area (Å²) >= 11 is 3.29. The predicted octanol–water partition coefficient (Wildman–Crippen LogP) is 1.12. The lowest BCUT2D eigenvalue weighted by Crippen LogP contribution is -2.54. The number of hydrogen-bond donors (Lipinski definition) is 2. The van der Waals surface area contributed by atoms with Crippen LogP contribution in [0.2, 0.25) is 0 Å². The number of nitrogens with one attached hydrogen (secondary N) is 1. The number of halogens is 1. The first-order valence-corrected chi connectivity index (χ1v) is 6.58. The minimum Gasteiger partial charge on any atom is -0.394 e. The summed E-state index contributed by atoms with van der Waals surface area (Å²) in [6.45, 7) is 1.00. The Balaban J connectivity index is 2.13. The van der Waals surface area contributed by atoms with E-state index in [-0.39, 0.29) is 12.5 Å². The topological polar surface area (TPSA) is 71.5 Å². The summed E-state index contributed by atoms with van der Waals surface area (Å²) in [7, 11) is 0. The molecule has 0 saturated carbocycles. The van der Waals surface area contributed by atoms with Crippen molar-refractivity contribution in [1.29, 1.82) is 0 Å². The first kappa shape index (κ1) is 13.5. The van der Waals surface area contributed by atoms with Crippen LogP contribution in [-0.2, 0) is 4.74 Å². The fourth-order valence-corrected chi connectivity index (χ4v) is 2.37. The number of aliphatic hydroxyl groups excluding tert-OH is 1. The molecule has 1 aliphatic rings. The van der Waals surface area contributed by atoms with Crippen molar-refractivity contribution in [1.82, 2.24) is 10.3 Å². The SMILES string of the molecule is O=C(NC1(CO)CCOCC1)c1ncccc1Br. The summed E-state index contributed by atoms with van der Waals surface area (Å²) in [5, 5.41) is 12.4. The average Bonchev–Trinajstić information content (AvgIpc) is 2.40. The number of rotatable bonds is 3. The summed E-state index contributed by atoms with van der Waals surface area (Å²) in [6, 6.07) is 3.51. The lowest BCUT2D eigenvalue weighted by molar-refractivity contribution is 0.0124. The number of aromatic nitrogens is 1. The van der Waals surface area contributed by atoms with Gasteiger partial charge in [-0.25, -0.2) is 4.98 Å². The molecule has 1 saturated heterocycles. The van der Waals surface area contributed by atoms with Crippen molar-refractivity contribution in [3.05, 3.63) is 28.5 Å². The third kappa shape index (κ3) is 2.88. The summed E-state index contributed by atoms with van der Waals surface area (Å²) < 4.78 is 5.89. The lowest BCUT2D eigenvalue weighted by atomic mass is 9.91. The Bertz CT molecular complexity index is 433. The third-order valence-electron chi connectivity index (χ3n) is 3.10. The zero-order valence-corrected chi connectivity index (χ0v) is 11.4. The maximum Gasteiger partial charge on any atom is 0.271 e. The fourth-order valence-electron chi connectivity index (χ4n) is 1.94. The van der Waals surface area contributed by atoms with Gasteiger partial charge in [-0.2, -0.15) is 0 Å². The molecule has 0 aromatic carbocycles. The highest BCUT2D eigenvalue weighted by atomic mass is 79.9. The first-order valence-electron chi connectivity index (χ1n) is 5.78. The second kappa shape index (κ2) is 5.77. The van der Waals surface area contributed by atoms with E-state index in [1.54, 1.807) is 18.3 Å². The van der Waals surface area contributed by atoms with E-state index in [0.717, 1.165) is 0 Å². The summed E-state index contributed by atoms with van der Waals surface area (Å²) in [5.41, 5.74) is -0.261. The quantitative estimate of drug-likeness (QED) is 0.877. The molecule has 0 bridgehead atoms. The molecule has 5 nitrogen and oxygen atoms in total. The Labute approximate surface area is 114 Å². The molecule has 0 atom stereocenters. The monoisotopic (exact) mass is 314 g/mol. The summed E-state index contributed by atoms with van der Waals surface area (Å²) in [4.78, 5) is 16.2. The molecule has 0 unspecified atom stereocenters. The summed E-state index contributed by atoms with van der Waals surface area (Å²) in [5.74, 6) is -0.279. The number of aliphatic hydroxyl groups is 1. The van der Waals surface area contributed by atoms with Gasteiger partial charge in [-0.05, 0) is 40.9 Å². The highest BCUT2D eigenvalue weighted by Gasteiger charge is 2.34. The maximum atomic E-state index is 12.1. The first-order chi connectivity index (χ1) is 8.67. The standard InChI is InChI=1S/C12H15BrN2O3/c13-9-2-1-5-14-10(9)11(17)15-12(8-16)3-6-18-7-4-12/h1-2,5,16H,3-4,6-8H2,(H,15,17). The molecular formula is C12H15BrN2O3. The highest BCUT2D eigenvalue weighted by Crippen LogP contribution is 2.21. The second-order valence-corrected chi connectivity index (χ2v) is 5.19. The van der Waals surface area contributed by atoms with Crippen LogP contribution < -0.4 is 5.32 Å². The minimum absolute atomic E-state index is 0.0907. The van der Waals surface area contributed by atoms with E-state index in [1.165, 1.54) is 0 Å². The van der Waals surface area contributed by atoms with Gasteiger partial charge in [0.15, 0.2) is 0 Å². The van der Waals surface area contributed by atoms with E-state index < -0.39 is 5.54 Å². The fraction of sp³-hybridized carbons (Fsp3) is 0.500. The Kier molecular flexibility index (Phi) is 4.31. The Morgan fingerprint density at radius 1 is 1.56 bits per heavy atom. The molecule has 0 aliphatic carbocycles. The number of amides is 1. The van der Waals surface area contributed by atoms with Gasteiger partial charge in [0, 0.05) is 23.9 Å². The Morgan fingerprint density at radius 2 is 2.28 bits per heavy atom. The minimum atomic E-state index is -0.591. The normalized spacial score (nSPS) is 18.3. The van der Waals surface area contributed by atoms with Crippen LogP contribution in [0.25, 0.3) is 0 Å². The molecule has 18 heavy (non-hydrogen) atoms. The molecule has 2 N–H and O–H groups in total. The van der Waals surface area contributed by atoms with Crippen molar-refractivity contribution in [3.63, 3.8) is 0 Å². The predicted molar refractivity (Wildman–Crippen MR) is 69.3 cm³/mol. The number of ether oxygens (including phenoxy) is 1. The van der Waals surface area contributed by atoms with Gasteiger partial charge in [-0.3, -0.25) is 4.79 Å². The largest absolute Gasteiger partial charge is 0.394 e. The van der Waals surface area contributed by atoms with Gasteiger partial charge >= 0.3 is 0 Å². The van der Waals surface area contributed by atoms with E-state index in [9.17, 15) is 9.90 Å². The van der Waals surface area contributed by atoms with Crippen LogP contribution in [0.15, 0.2) is 22.8 Å². The van der Waals surface area contributed by atoms with Gasteiger partial charge in [0.2, 0.25) is 0 Å². The molecule has 0 spiro atoms. The zero-order chi connectivity index (χ0) is 13.0. The number of carbonyl (C=O) groups is 1. The van der Waals surface area contributed by atoms with Crippen molar-refractivity contribution < 1.29 is 14.6 Å². The van der Waals surface area contributed by atoms with Crippen LogP contribution in [0.5, 0.6) is 0 Å².